The van der Waals surface area contributed by atoms with Crippen LogP contribution in [0.4, 0.5) is 0 Å². The Bertz CT molecular complexity index is 699. The quantitative estimate of drug-likeness (QED) is 0.437. The lowest BCUT2D eigenvalue weighted by Gasteiger charge is -2.58. The van der Waals surface area contributed by atoms with E-state index in [-0.39, 0.29) is 24.4 Å². The van der Waals surface area contributed by atoms with Gasteiger partial charge in [-0.15, -0.1) is 0 Å². The highest BCUT2D eigenvalue weighted by molar-refractivity contribution is 5.66. The Morgan fingerprint density at radius 2 is 1.47 bits per heavy atom. The number of carboxylic acids is 2. The summed E-state index contributed by atoms with van der Waals surface area (Å²) in [6, 6.07) is 0. The number of allylic oxidation sites excluding steroid dienone is 1. The second-order valence-corrected chi connectivity index (χ2v) is 10.9. The predicted molar refractivity (Wildman–Crippen MR) is 124 cm³/mol. The van der Waals surface area contributed by atoms with Crippen LogP contribution < -0.4 is 0 Å². The minimum Gasteiger partial charge on any atom is -0.481 e. The summed E-state index contributed by atoms with van der Waals surface area (Å²) in [5.74, 6) is 0.710. The second kappa shape index (κ2) is 10.3. The normalized spacial score (nSPS) is 41.9. The Labute approximate surface area is 193 Å². The van der Waals surface area contributed by atoms with E-state index in [4.69, 9.17) is 10.2 Å². The number of carbonyl (C=O) groups is 2. The van der Waals surface area contributed by atoms with Crippen LogP contribution in [0.25, 0.3) is 0 Å². The highest BCUT2D eigenvalue weighted by Gasteiger charge is 2.62. The smallest absolute Gasteiger partial charge is 0.303 e. The monoisotopic (exact) mass is 452 g/mol. The lowest BCUT2D eigenvalue weighted by atomic mass is 9.47. The van der Waals surface area contributed by atoms with Gasteiger partial charge in [-0.3, -0.25) is 9.59 Å². The summed E-state index contributed by atoms with van der Waals surface area (Å²) in [7, 11) is 0. The van der Waals surface area contributed by atoms with Gasteiger partial charge in [0.15, 0.2) is 0 Å². The molecule has 32 heavy (non-hydrogen) atoms. The van der Waals surface area contributed by atoms with Crippen LogP contribution >= 0.6 is 0 Å². The molecule has 4 aliphatic carbocycles. The average molecular weight is 453 g/mol. The van der Waals surface area contributed by atoms with Crippen LogP contribution in [0, 0.1) is 28.6 Å². The first kappa shape index (κ1) is 26.8. The van der Waals surface area contributed by atoms with Gasteiger partial charge in [0.2, 0.25) is 0 Å². The van der Waals surface area contributed by atoms with Crippen molar-refractivity contribution in [2.24, 2.45) is 28.6 Å². The molecule has 0 aromatic carbocycles. The van der Waals surface area contributed by atoms with E-state index in [0.29, 0.717) is 11.3 Å². The van der Waals surface area contributed by atoms with Crippen molar-refractivity contribution in [1.82, 2.24) is 0 Å². The van der Waals surface area contributed by atoms with Crippen molar-refractivity contribution >= 4 is 11.9 Å². The topological polar surface area (TPSA) is 115 Å². The van der Waals surface area contributed by atoms with Crippen LogP contribution in [0.3, 0.4) is 0 Å². The van der Waals surface area contributed by atoms with E-state index in [1.165, 1.54) is 25.7 Å². The van der Waals surface area contributed by atoms with Gasteiger partial charge in [-0.05, 0) is 86.9 Å². The minimum atomic E-state index is -0.745. The molecule has 6 nitrogen and oxygen atoms in total. The first-order valence-corrected chi connectivity index (χ1v) is 12.4. The molecular formula is C26H44O6. The summed E-state index contributed by atoms with van der Waals surface area (Å²) in [6.45, 7) is 10.1. The van der Waals surface area contributed by atoms with Gasteiger partial charge in [0.1, 0.15) is 0 Å². The van der Waals surface area contributed by atoms with Gasteiger partial charge in [-0.2, -0.15) is 0 Å². The second-order valence-electron chi connectivity index (χ2n) is 10.9. The molecule has 3 fully saturated rings. The molecule has 0 aromatic rings. The molecule has 4 rings (SSSR count). The van der Waals surface area contributed by atoms with Gasteiger partial charge in [-0.25, -0.2) is 0 Å². The number of rotatable bonds is 2. The van der Waals surface area contributed by atoms with Gasteiger partial charge in [0.25, 0.3) is 0 Å². The third kappa shape index (κ3) is 5.22. The molecule has 0 saturated heterocycles. The molecule has 4 aliphatic rings. The lowest BCUT2D eigenvalue weighted by molar-refractivity contribution is -0.137. The third-order valence-electron chi connectivity index (χ3n) is 9.24. The fourth-order valence-corrected chi connectivity index (χ4v) is 6.89. The number of fused-ring (bicyclic) bond motifs is 5. The molecule has 7 atom stereocenters. The Balaban J connectivity index is 0.000000308. The number of aliphatic hydroxyl groups excluding tert-OH is 1. The van der Waals surface area contributed by atoms with Crippen molar-refractivity contribution < 1.29 is 30.0 Å². The van der Waals surface area contributed by atoms with Crippen molar-refractivity contribution in [2.75, 3.05) is 0 Å². The molecular weight excluding hydrogens is 408 g/mol. The first-order chi connectivity index (χ1) is 14.8. The molecule has 6 heteroatoms. The summed E-state index contributed by atoms with van der Waals surface area (Å²) in [4.78, 5) is 18.7. The number of carboxylic acid groups (broad SMARTS) is 2. The van der Waals surface area contributed by atoms with Crippen LogP contribution in [0.15, 0.2) is 11.6 Å². The fraction of sp³-hybridized carbons (Fsp3) is 0.846. The fourth-order valence-electron chi connectivity index (χ4n) is 6.89. The molecule has 0 amide bonds. The molecule has 0 spiro atoms. The van der Waals surface area contributed by atoms with E-state index in [2.05, 4.69) is 26.8 Å². The van der Waals surface area contributed by atoms with Gasteiger partial charge in [-0.1, -0.05) is 39.3 Å². The molecule has 4 N–H and O–H groups in total. The first-order valence-electron chi connectivity index (χ1n) is 12.4. The zero-order valence-corrected chi connectivity index (χ0v) is 20.6. The molecule has 0 aromatic heterocycles. The Morgan fingerprint density at radius 3 is 2.00 bits per heavy atom. The van der Waals surface area contributed by atoms with Crippen LogP contribution in [-0.2, 0) is 9.59 Å². The lowest BCUT2D eigenvalue weighted by Crippen LogP contribution is -2.53. The Hall–Kier alpha value is -1.40. The van der Waals surface area contributed by atoms with E-state index < -0.39 is 17.5 Å². The van der Waals surface area contributed by atoms with E-state index >= 15 is 0 Å². The Kier molecular flexibility index (Phi) is 8.60. The van der Waals surface area contributed by atoms with E-state index in [1.54, 1.807) is 19.4 Å². The summed E-state index contributed by atoms with van der Waals surface area (Å²) in [6.07, 6.45) is 11.6. The van der Waals surface area contributed by atoms with Crippen molar-refractivity contribution in [2.45, 2.75) is 111 Å². The van der Waals surface area contributed by atoms with Gasteiger partial charge >= 0.3 is 11.9 Å². The summed E-state index contributed by atoms with van der Waals surface area (Å²) in [5, 5.41) is 36.4. The van der Waals surface area contributed by atoms with Crippen LogP contribution in [0.5, 0.6) is 0 Å². The van der Waals surface area contributed by atoms with Crippen LogP contribution in [0.2, 0.25) is 0 Å². The molecule has 0 aliphatic heterocycles. The zero-order valence-electron chi connectivity index (χ0n) is 20.6. The summed E-state index contributed by atoms with van der Waals surface area (Å²) in [5.41, 5.74) is 1.50. The highest BCUT2D eigenvalue weighted by Crippen LogP contribution is 2.66. The molecule has 0 bridgehead atoms. The van der Waals surface area contributed by atoms with Gasteiger partial charge in [0.05, 0.1) is 11.7 Å². The summed E-state index contributed by atoms with van der Waals surface area (Å²) >= 11 is 0. The minimum absolute atomic E-state index is 0.114. The predicted octanol–water partition coefficient (Wildman–Crippen LogP) is 5.02. The SMILES string of the molecule is CCC(=O)O.CCC(=O)O.C[C@]12CC[C@H](O)CC1=CC[C@@H]1[C@@H]2CC[C@@]2(C)[C@H]1CC[C@]2(C)O. The van der Waals surface area contributed by atoms with Crippen molar-refractivity contribution in [1.29, 1.82) is 0 Å². The number of hydrogen-bond acceptors (Lipinski definition) is 4. The molecule has 0 heterocycles. The molecule has 0 radical (unpaired) electrons. The van der Waals surface area contributed by atoms with Crippen molar-refractivity contribution in [3.63, 3.8) is 0 Å². The number of hydrogen-bond donors (Lipinski definition) is 4. The highest BCUT2D eigenvalue weighted by atomic mass is 16.4. The molecule has 184 valence electrons. The molecule has 3 saturated carbocycles. The number of aliphatic carboxylic acids is 2. The maximum Gasteiger partial charge on any atom is 0.303 e. The number of aliphatic hydroxyl groups is 2. The van der Waals surface area contributed by atoms with Crippen molar-refractivity contribution in [3.8, 4) is 0 Å². The van der Waals surface area contributed by atoms with Gasteiger partial charge in [0, 0.05) is 12.8 Å². The van der Waals surface area contributed by atoms with E-state index in [9.17, 15) is 19.8 Å². The van der Waals surface area contributed by atoms with E-state index in [0.717, 1.165) is 37.5 Å². The maximum atomic E-state index is 10.9. The third-order valence-corrected chi connectivity index (χ3v) is 9.24. The average Bonchev–Trinajstić information content (AvgIpc) is 2.98. The van der Waals surface area contributed by atoms with Crippen LogP contribution in [-0.4, -0.2) is 44.1 Å². The Morgan fingerprint density at radius 1 is 0.938 bits per heavy atom. The summed E-state index contributed by atoms with van der Waals surface area (Å²) < 4.78 is 0. The van der Waals surface area contributed by atoms with Crippen LogP contribution in [0.1, 0.15) is 98.8 Å². The van der Waals surface area contributed by atoms with E-state index in [1.807, 2.05) is 0 Å². The maximum absolute atomic E-state index is 10.9. The van der Waals surface area contributed by atoms with Gasteiger partial charge < -0.3 is 20.4 Å². The molecule has 0 unspecified atom stereocenters. The standard InChI is InChI=1S/C20H32O2.2C3H6O2/c1-18-9-6-14(21)12-13(18)4-5-15-16(18)7-10-19(2)17(15)8-11-20(19,3)22;2*1-2-3(4)5/h4,14-17,21-22H,5-12H2,1-3H3;2*2H2,1H3,(H,4,5)/t14-,15+,16-,17-,18-,19-,20-;;/m0../s1. The zero-order chi connectivity index (χ0) is 24.3. The van der Waals surface area contributed by atoms with Crippen molar-refractivity contribution in [3.05, 3.63) is 11.6 Å². The largest absolute Gasteiger partial charge is 0.481 e.